The molecule has 4 rings (SSSR count). The van der Waals surface area contributed by atoms with Crippen LogP contribution in [0.25, 0.3) is 11.8 Å². The first-order valence-corrected chi connectivity index (χ1v) is 9.87. The van der Waals surface area contributed by atoms with Gasteiger partial charge in [0, 0.05) is 23.6 Å². The van der Waals surface area contributed by atoms with Crippen LogP contribution in [0, 0.1) is 0 Å². The van der Waals surface area contributed by atoms with Crippen LogP contribution in [0.1, 0.15) is 48.2 Å². The average molecular weight is 407 g/mol. The molecule has 1 aromatic carbocycles. The number of nitrogens with one attached hydrogen (secondary N) is 1. The Morgan fingerprint density at radius 2 is 1.83 bits per heavy atom. The highest BCUT2D eigenvalue weighted by Crippen LogP contribution is 2.27. The van der Waals surface area contributed by atoms with Crippen LogP contribution in [0.4, 0.5) is 4.79 Å². The summed E-state index contributed by atoms with van der Waals surface area (Å²) in [7, 11) is 0. The van der Waals surface area contributed by atoms with E-state index in [-0.39, 0.29) is 17.2 Å². The first kappa shape index (κ1) is 19.6. The zero-order valence-electron chi connectivity index (χ0n) is 16.2. The Hall–Kier alpha value is -3.68. The van der Waals surface area contributed by atoms with E-state index >= 15 is 0 Å². The number of carbonyl (C=O) groups excluding carboxylic acids is 3. The van der Waals surface area contributed by atoms with Gasteiger partial charge in [0.2, 0.25) is 0 Å². The maximum atomic E-state index is 13.1. The van der Waals surface area contributed by atoms with Gasteiger partial charge in [-0.05, 0) is 49.2 Å². The van der Waals surface area contributed by atoms with Crippen LogP contribution < -0.4 is 5.32 Å². The highest BCUT2D eigenvalue weighted by molar-refractivity contribution is 6.31. The number of hydrogen-bond acceptors (Lipinski definition) is 4. The largest absolute Gasteiger partial charge is 0.478 e. The normalized spacial score (nSPS) is 19.3. The number of nitrogens with zero attached hydrogens (tertiary/aromatic N) is 2. The lowest BCUT2D eigenvalue weighted by atomic mass is 9.93. The fraction of sp³-hybridized carbons (Fsp3) is 0.273. The van der Waals surface area contributed by atoms with Gasteiger partial charge in [0.1, 0.15) is 5.57 Å². The summed E-state index contributed by atoms with van der Waals surface area (Å²) < 4.78 is 1.68. The van der Waals surface area contributed by atoms with Crippen LogP contribution in [0.2, 0.25) is 0 Å². The third-order valence-electron chi connectivity index (χ3n) is 5.52. The molecule has 8 nitrogen and oxygen atoms in total. The molecule has 2 aliphatic rings. The zero-order valence-corrected chi connectivity index (χ0v) is 16.2. The Balaban J connectivity index is 1.69. The summed E-state index contributed by atoms with van der Waals surface area (Å²) in [5.74, 6) is -2.38. The smallest absolute Gasteiger partial charge is 0.335 e. The van der Waals surface area contributed by atoms with E-state index in [2.05, 4.69) is 5.32 Å². The van der Waals surface area contributed by atoms with E-state index in [1.54, 1.807) is 35.0 Å². The third kappa shape index (κ3) is 3.63. The van der Waals surface area contributed by atoms with E-state index in [0.717, 1.165) is 32.1 Å². The molecule has 4 amide bonds. The lowest BCUT2D eigenvalue weighted by Crippen LogP contribution is -2.58. The van der Waals surface area contributed by atoms with Gasteiger partial charge in [-0.2, -0.15) is 0 Å². The molecule has 2 N–H and O–H groups in total. The van der Waals surface area contributed by atoms with Crippen molar-refractivity contribution >= 4 is 29.9 Å². The highest BCUT2D eigenvalue weighted by Gasteiger charge is 2.40. The molecule has 0 atom stereocenters. The average Bonchev–Trinajstić information content (AvgIpc) is 3.20. The lowest BCUT2D eigenvalue weighted by molar-refractivity contribution is -0.132. The molecule has 0 radical (unpaired) electrons. The molecular formula is C22H21N3O5. The maximum Gasteiger partial charge on any atom is 0.335 e. The number of amides is 4. The molecule has 2 aromatic rings. The van der Waals surface area contributed by atoms with Crippen LogP contribution in [-0.4, -0.2) is 44.4 Å². The van der Waals surface area contributed by atoms with Crippen molar-refractivity contribution in [2.24, 2.45) is 0 Å². The first-order chi connectivity index (χ1) is 14.5. The Morgan fingerprint density at radius 1 is 1.07 bits per heavy atom. The molecule has 1 aliphatic heterocycles. The predicted molar refractivity (Wildman–Crippen MR) is 108 cm³/mol. The second kappa shape index (κ2) is 7.98. The SMILES string of the molecule is O=C1NC(=O)N(C2CCCCC2)C(=O)C1=Cc1cccn1-c1cccc(C(=O)O)c1. The van der Waals surface area contributed by atoms with Gasteiger partial charge in [-0.15, -0.1) is 0 Å². The molecule has 1 aliphatic carbocycles. The number of barbiturate groups is 1. The zero-order chi connectivity index (χ0) is 21.3. The summed E-state index contributed by atoms with van der Waals surface area (Å²) in [5.41, 5.74) is 1.11. The third-order valence-corrected chi connectivity index (χ3v) is 5.52. The van der Waals surface area contributed by atoms with E-state index in [4.69, 9.17) is 0 Å². The topological polar surface area (TPSA) is 109 Å². The molecule has 0 unspecified atom stereocenters. The van der Waals surface area contributed by atoms with Gasteiger partial charge in [0.05, 0.1) is 5.56 Å². The van der Waals surface area contributed by atoms with Crippen molar-refractivity contribution in [2.75, 3.05) is 0 Å². The number of aromatic carboxylic acids is 1. The first-order valence-electron chi connectivity index (χ1n) is 9.87. The summed E-state index contributed by atoms with van der Waals surface area (Å²) in [5, 5.41) is 11.5. The number of carbonyl (C=O) groups is 4. The monoisotopic (exact) mass is 407 g/mol. The number of carboxylic acid groups (broad SMARTS) is 1. The molecule has 2 fully saturated rings. The minimum Gasteiger partial charge on any atom is -0.478 e. The van der Waals surface area contributed by atoms with Gasteiger partial charge in [0.25, 0.3) is 11.8 Å². The fourth-order valence-electron chi connectivity index (χ4n) is 4.03. The number of urea groups is 1. The van der Waals surface area contributed by atoms with Gasteiger partial charge < -0.3 is 9.67 Å². The van der Waals surface area contributed by atoms with Gasteiger partial charge in [-0.1, -0.05) is 25.3 Å². The summed E-state index contributed by atoms with van der Waals surface area (Å²) >= 11 is 0. The number of carboxylic acids is 1. The van der Waals surface area contributed by atoms with Crippen molar-refractivity contribution in [2.45, 2.75) is 38.1 Å². The van der Waals surface area contributed by atoms with Crippen molar-refractivity contribution in [1.82, 2.24) is 14.8 Å². The fourth-order valence-corrected chi connectivity index (χ4v) is 4.03. The molecule has 2 heterocycles. The Bertz CT molecular complexity index is 1060. The van der Waals surface area contributed by atoms with E-state index in [0.29, 0.717) is 11.4 Å². The second-order valence-electron chi connectivity index (χ2n) is 7.44. The molecule has 1 saturated heterocycles. The van der Waals surface area contributed by atoms with Crippen molar-refractivity contribution in [3.63, 3.8) is 0 Å². The van der Waals surface area contributed by atoms with Crippen molar-refractivity contribution in [1.29, 1.82) is 0 Å². The summed E-state index contributed by atoms with van der Waals surface area (Å²) in [6, 6.07) is 8.91. The molecular weight excluding hydrogens is 386 g/mol. The quantitative estimate of drug-likeness (QED) is 0.598. The number of hydrogen-bond donors (Lipinski definition) is 2. The van der Waals surface area contributed by atoms with E-state index in [1.165, 1.54) is 23.1 Å². The van der Waals surface area contributed by atoms with E-state index in [9.17, 15) is 24.3 Å². The van der Waals surface area contributed by atoms with Crippen LogP contribution in [0.3, 0.4) is 0 Å². The van der Waals surface area contributed by atoms with Crippen molar-refractivity contribution in [3.05, 3.63) is 59.4 Å². The summed E-state index contributed by atoms with van der Waals surface area (Å²) in [6.07, 6.45) is 7.58. The van der Waals surface area contributed by atoms with Crippen LogP contribution in [0.15, 0.2) is 48.2 Å². The Morgan fingerprint density at radius 3 is 2.57 bits per heavy atom. The number of benzene rings is 1. The maximum absolute atomic E-state index is 13.1. The van der Waals surface area contributed by atoms with Gasteiger partial charge >= 0.3 is 12.0 Å². The van der Waals surface area contributed by atoms with Gasteiger partial charge in [0.15, 0.2) is 0 Å². The predicted octanol–water partition coefficient (Wildman–Crippen LogP) is 2.97. The Kier molecular flexibility index (Phi) is 5.22. The lowest BCUT2D eigenvalue weighted by Gasteiger charge is -2.35. The van der Waals surface area contributed by atoms with Gasteiger partial charge in [-0.3, -0.25) is 19.8 Å². The molecule has 0 bridgehead atoms. The number of rotatable bonds is 4. The molecule has 0 spiro atoms. The van der Waals surface area contributed by atoms with Crippen molar-refractivity contribution in [3.8, 4) is 5.69 Å². The van der Waals surface area contributed by atoms with Gasteiger partial charge in [-0.25, -0.2) is 9.59 Å². The minimum atomic E-state index is -1.05. The number of aromatic nitrogens is 1. The highest BCUT2D eigenvalue weighted by atomic mass is 16.4. The van der Waals surface area contributed by atoms with Crippen LogP contribution in [-0.2, 0) is 9.59 Å². The molecule has 8 heteroatoms. The summed E-state index contributed by atoms with van der Waals surface area (Å²) in [6.45, 7) is 0. The number of imide groups is 2. The molecule has 1 aromatic heterocycles. The second-order valence-corrected chi connectivity index (χ2v) is 7.44. The van der Waals surface area contributed by atoms with E-state index < -0.39 is 23.8 Å². The molecule has 154 valence electrons. The van der Waals surface area contributed by atoms with Crippen LogP contribution in [0.5, 0.6) is 0 Å². The molecule has 30 heavy (non-hydrogen) atoms. The Labute approximate surface area is 172 Å². The minimum absolute atomic E-state index is 0.116. The van der Waals surface area contributed by atoms with Crippen LogP contribution >= 0.6 is 0 Å². The van der Waals surface area contributed by atoms with Crippen molar-refractivity contribution < 1.29 is 24.3 Å². The molecule has 1 saturated carbocycles. The standard InChI is InChI=1S/C22H21N3O5/c26-19-18(20(27)25(22(30)23-19)15-7-2-1-3-8-15)13-17-10-5-11-24(17)16-9-4-6-14(12-16)21(28)29/h4-6,9-13,15H,1-3,7-8H2,(H,28,29)(H,23,26,30). The van der Waals surface area contributed by atoms with E-state index in [1.807, 2.05) is 0 Å². The summed E-state index contributed by atoms with van der Waals surface area (Å²) in [4.78, 5) is 50.3.